The lowest BCUT2D eigenvalue weighted by Crippen LogP contribution is -2.14. The molecule has 0 rings (SSSR count). The Bertz CT molecular complexity index is 169. The van der Waals surface area contributed by atoms with Gasteiger partial charge >= 0.3 is 5.97 Å². The highest BCUT2D eigenvalue weighted by molar-refractivity contribution is 5.66. The summed E-state index contributed by atoms with van der Waals surface area (Å²) in [6, 6.07) is 0. The van der Waals surface area contributed by atoms with Crippen LogP contribution in [0.5, 0.6) is 0 Å². The lowest BCUT2D eigenvalue weighted by atomic mass is 10.1. The Hall–Kier alpha value is -0.570. The minimum atomic E-state index is -0.780. The largest absolute Gasteiger partial charge is 0.481 e. The van der Waals surface area contributed by atoms with Crippen LogP contribution in [0.15, 0.2) is 0 Å². The smallest absolute Gasteiger partial charge is 0.305 e. The Morgan fingerprint density at radius 1 is 1.19 bits per heavy atom. The predicted octanol–water partition coefficient (Wildman–Crippen LogP) is 3.62. The van der Waals surface area contributed by atoms with Gasteiger partial charge in [-0.1, -0.05) is 46.0 Å². The lowest BCUT2D eigenvalue weighted by Gasteiger charge is -2.15. The predicted molar refractivity (Wildman–Crippen MR) is 65.7 cm³/mol. The summed E-state index contributed by atoms with van der Waals surface area (Å²) in [4.78, 5) is 10.3. The van der Waals surface area contributed by atoms with Crippen LogP contribution in [-0.2, 0) is 9.53 Å². The van der Waals surface area contributed by atoms with Gasteiger partial charge in [0.25, 0.3) is 0 Å². The molecule has 0 bridgehead atoms. The summed E-state index contributed by atoms with van der Waals surface area (Å²) in [7, 11) is 0. The molecule has 0 aromatic heterocycles. The zero-order chi connectivity index (χ0) is 12.2. The monoisotopic (exact) mass is 230 g/mol. The number of ether oxygens (including phenoxy) is 1. The van der Waals surface area contributed by atoms with Gasteiger partial charge in [0, 0.05) is 0 Å². The van der Waals surface area contributed by atoms with Crippen molar-refractivity contribution in [2.45, 2.75) is 71.3 Å². The van der Waals surface area contributed by atoms with Gasteiger partial charge in [-0.15, -0.1) is 0 Å². The summed E-state index contributed by atoms with van der Waals surface area (Å²) in [5, 5.41) is 8.49. The lowest BCUT2D eigenvalue weighted by molar-refractivity contribution is -0.138. The molecular formula is C13H26O3. The summed E-state index contributed by atoms with van der Waals surface area (Å²) >= 11 is 0. The summed E-state index contributed by atoms with van der Waals surface area (Å²) in [5.74, 6) is -0.780. The number of rotatable bonds is 11. The molecule has 0 amide bonds. The molecule has 0 aromatic rings. The van der Waals surface area contributed by atoms with Crippen molar-refractivity contribution in [1.82, 2.24) is 0 Å². The molecule has 0 aliphatic carbocycles. The van der Waals surface area contributed by atoms with Gasteiger partial charge in [-0.25, -0.2) is 0 Å². The molecule has 1 N–H and O–H groups in total. The van der Waals surface area contributed by atoms with Crippen LogP contribution in [0.1, 0.15) is 65.2 Å². The van der Waals surface area contributed by atoms with E-state index in [1.54, 1.807) is 0 Å². The van der Waals surface area contributed by atoms with Crippen LogP contribution in [0.3, 0.4) is 0 Å². The highest BCUT2D eigenvalue weighted by Crippen LogP contribution is 2.12. The summed E-state index contributed by atoms with van der Waals surface area (Å²) in [6.07, 6.45) is 8.78. The van der Waals surface area contributed by atoms with E-state index in [1.165, 1.54) is 32.1 Å². The molecule has 1 unspecified atom stereocenters. The number of carboxylic acids is 1. The average molecular weight is 230 g/mol. The van der Waals surface area contributed by atoms with Crippen LogP contribution in [-0.4, -0.2) is 23.8 Å². The van der Waals surface area contributed by atoms with Crippen LogP contribution in [0.25, 0.3) is 0 Å². The second kappa shape index (κ2) is 10.9. The quantitative estimate of drug-likeness (QED) is 0.551. The van der Waals surface area contributed by atoms with Gasteiger partial charge in [0.1, 0.15) is 0 Å². The molecule has 96 valence electrons. The van der Waals surface area contributed by atoms with Crippen molar-refractivity contribution in [3.8, 4) is 0 Å². The first-order valence-electron chi connectivity index (χ1n) is 6.54. The van der Waals surface area contributed by atoms with Gasteiger partial charge in [0.05, 0.1) is 19.1 Å². The van der Waals surface area contributed by atoms with Crippen LogP contribution in [0.2, 0.25) is 0 Å². The van der Waals surface area contributed by atoms with Gasteiger partial charge < -0.3 is 9.84 Å². The highest BCUT2D eigenvalue weighted by Gasteiger charge is 2.07. The SMILES string of the molecule is CCCCCCCC(CC)OCCC(=O)O. The van der Waals surface area contributed by atoms with E-state index in [-0.39, 0.29) is 12.5 Å². The fraction of sp³-hybridized carbons (Fsp3) is 0.923. The minimum Gasteiger partial charge on any atom is -0.481 e. The maximum atomic E-state index is 10.3. The Kier molecular flexibility index (Phi) is 10.5. The molecule has 0 saturated heterocycles. The van der Waals surface area contributed by atoms with Crippen LogP contribution in [0, 0.1) is 0 Å². The third-order valence-corrected chi connectivity index (χ3v) is 2.75. The van der Waals surface area contributed by atoms with Gasteiger partial charge in [-0.3, -0.25) is 4.79 Å². The fourth-order valence-electron chi connectivity index (χ4n) is 1.69. The summed E-state index contributed by atoms with van der Waals surface area (Å²) in [6.45, 7) is 4.66. The third kappa shape index (κ3) is 9.97. The van der Waals surface area contributed by atoms with Crippen molar-refractivity contribution in [1.29, 1.82) is 0 Å². The van der Waals surface area contributed by atoms with Crippen LogP contribution in [0.4, 0.5) is 0 Å². The molecule has 16 heavy (non-hydrogen) atoms. The van der Waals surface area contributed by atoms with Gasteiger partial charge in [-0.2, -0.15) is 0 Å². The van der Waals surface area contributed by atoms with Gasteiger partial charge in [0.15, 0.2) is 0 Å². The number of aliphatic carboxylic acids is 1. The Morgan fingerprint density at radius 2 is 1.88 bits per heavy atom. The van der Waals surface area contributed by atoms with E-state index in [0.29, 0.717) is 6.61 Å². The molecule has 0 heterocycles. The molecular weight excluding hydrogens is 204 g/mol. The summed E-state index contributed by atoms with van der Waals surface area (Å²) in [5.41, 5.74) is 0. The van der Waals surface area contributed by atoms with Crippen molar-refractivity contribution < 1.29 is 14.6 Å². The van der Waals surface area contributed by atoms with E-state index in [0.717, 1.165) is 12.8 Å². The maximum absolute atomic E-state index is 10.3. The van der Waals surface area contributed by atoms with Gasteiger partial charge in [0.2, 0.25) is 0 Å². The highest BCUT2D eigenvalue weighted by atomic mass is 16.5. The molecule has 3 nitrogen and oxygen atoms in total. The number of unbranched alkanes of at least 4 members (excludes halogenated alkanes) is 4. The van der Waals surface area contributed by atoms with E-state index in [4.69, 9.17) is 9.84 Å². The molecule has 0 fully saturated rings. The zero-order valence-electron chi connectivity index (χ0n) is 10.7. The normalized spacial score (nSPS) is 12.6. The Balaban J connectivity index is 3.40. The van der Waals surface area contributed by atoms with Crippen molar-refractivity contribution in [3.05, 3.63) is 0 Å². The number of hydrogen-bond acceptors (Lipinski definition) is 2. The fourth-order valence-corrected chi connectivity index (χ4v) is 1.69. The number of hydrogen-bond donors (Lipinski definition) is 1. The molecule has 0 saturated carbocycles. The molecule has 0 aliphatic heterocycles. The molecule has 0 aromatic carbocycles. The molecule has 0 aliphatic rings. The second-order valence-corrected chi connectivity index (χ2v) is 4.25. The topological polar surface area (TPSA) is 46.5 Å². The van der Waals surface area contributed by atoms with Crippen molar-refractivity contribution in [2.24, 2.45) is 0 Å². The maximum Gasteiger partial charge on any atom is 0.305 e. The summed E-state index contributed by atoms with van der Waals surface area (Å²) < 4.78 is 5.53. The number of carboxylic acid groups (broad SMARTS) is 1. The van der Waals surface area contributed by atoms with E-state index in [1.807, 2.05) is 0 Å². The van der Waals surface area contributed by atoms with Crippen molar-refractivity contribution >= 4 is 5.97 Å². The van der Waals surface area contributed by atoms with Gasteiger partial charge in [-0.05, 0) is 12.8 Å². The van der Waals surface area contributed by atoms with E-state index < -0.39 is 5.97 Å². The van der Waals surface area contributed by atoms with Crippen molar-refractivity contribution in [3.63, 3.8) is 0 Å². The van der Waals surface area contributed by atoms with Crippen LogP contribution >= 0.6 is 0 Å². The third-order valence-electron chi connectivity index (χ3n) is 2.75. The standard InChI is InChI=1S/C13H26O3/c1-3-5-6-7-8-9-12(4-2)16-11-10-13(14)15/h12H,3-11H2,1-2H3,(H,14,15). The van der Waals surface area contributed by atoms with Crippen molar-refractivity contribution in [2.75, 3.05) is 6.61 Å². The van der Waals surface area contributed by atoms with E-state index >= 15 is 0 Å². The van der Waals surface area contributed by atoms with E-state index in [9.17, 15) is 4.79 Å². The number of carbonyl (C=O) groups is 1. The first-order chi connectivity index (χ1) is 7.70. The molecule has 0 radical (unpaired) electrons. The zero-order valence-corrected chi connectivity index (χ0v) is 10.7. The molecule has 1 atom stereocenters. The first-order valence-corrected chi connectivity index (χ1v) is 6.54. The average Bonchev–Trinajstić information content (AvgIpc) is 2.26. The molecule has 0 spiro atoms. The van der Waals surface area contributed by atoms with Crippen LogP contribution < -0.4 is 0 Å². The Labute approximate surface area is 99.2 Å². The first kappa shape index (κ1) is 15.4. The minimum absolute atomic E-state index is 0.117. The molecule has 3 heteroatoms. The van der Waals surface area contributed by atoms with E-state index in [2.05, 4.69) is 13.8 Å². The Morgan fingerprint density at radius 3 is 2.44 bits per heavy atom. The second-order valence-electron chi connectivity index (χ2n) is 4.25.